The van der Waals surface area contributed by atoms with Gasteiger partial charge in [-0.25, -0.2) is 4.98 Å². The molecule has 0 radical (unpaired) electrons. The summed E-state index contributed by atoms with van der Waals surface area (Å²) in [5, 5.41) is 3.49. The highest BCUT2D eigenvalue weighted by Gasteiger charge is 2.28. The van der Waals surface area contributed by atoms with Gasteiger partial charge in [-0.1, -0.05) is 12.8 Å². The standard InChI is InChI=1S/C22H31N5O2/c1-28-19-7-8-20(29-2)17(13-19)14-26-15-18(16-26)24-22-23-10-9-21(25-22)27-11-5-3-4-6-12-27/h7-10,13,18H,3-6,11-12,14-16H2,1-2H3,(H,23,24,25). The number of benzene rings is 1. The van der Waals surface area contributed by atoms with Crippen LogP contribution < -0.4 is 19.7 Å². The summed E-state index contributed by atoms with van der Waals surface area (Å²) in [6, 6.07) is 8.33. The summed E-state index contributed by atoms with van der Waals surface area (Å²) in [7, 11) is 3.40. The molecule has 7 heteroatoms. The highest BCUT2D eigenvalue weighted by Crippen LogP contribution is 2.27. The Labute approximate surface area is 173 Å². The van der Waals surface area contributed by atoms with E-state index in [1.807, 2.05) is 30.5 Å². The van der Waals surface area contributed by atoms with E-state index in [1.54, 1.807) is 14.2 Å². The Morgan fingerprint density at radius 2 is 1.83 bits per heavy atom. The van der Waals surface area contributed by atoms with E-state index in [9.17, 15) is 0 Å². The Morgan fingerprint density at radius 1 is 1.03 bits per heavy atom. The molecule has 0 saturated carbocycles. The average molecular weight is 398 g/mol. The number of nitrogens with one attached hydrogen (secondary N) is 1. The molecule has 2 aliphatic heterocycles. The van der Waals surface area contributed by atoms with Crippen LogP contribution in [0.5, 0.6) is 11.5 Å². The maximum atomic E-state index is 5.49. The summed E-state index contributed by atoms with van der Waals surface area (Å²) >= 11 is 0. The SMILES string of the molecule is COc1ccc(OC)c(CN2CC(Nc3nccc(N4CCCCCC4)n3)C2)c1. The largest absolute Gasteiger partial charge is 0.497 e. The van der Waals surface area contributed by atoms with Crippen LogP contribution in [0.1, 0.15) is 31.2 Å². The number of hydrogen-bond acceptors (Lipinski definition) is 7. The molecule has 156 valence electrons. The molecule has 0 atom stereocenters. The second-order valence-corrected chi connectivity index (χ2v) is 7.85. The number of anilines is 2. The molecular weight excluding hydrogens is 366 g/mol. The lowest BCUT2D eigenvalue weighted by molar-refractivity contribution is 0.151. The first-order chi connectivity index (χ1) is 14.2. The summed E-state index contributed by atoms with van der Waals surface area (Å²) < 4.78 is 10.8. The van der Waals surface area contributed by atoms with Crippen molar-refractivity contribution < 1.29 is 9.47 Å². The number of ether oxygens (including phenoxy) is 2. The smallest absolute Gasteiger partial charge is 0.224 e. The molecule has 0 aliphatic carbocycles. The van der Waals surface area contributed by atoms with Crippen molar-refractivity contribution in [2.75, 3.05) is 50.6 Å². The third-order valence-electron chi connectivity index (χ3n) is 5.74. The molecule has 3 heterocycles. The number of hydrogen-bond donors (Lipinski definition) is 1. The molecule has 2 aliphatic rings. The molecule has 1 aromatic heterocycles. The van der Waals surface area contributed by atoms with E-state index >= 15 is 0 Å². The molecule has 0 bridgehead atoms. The average Bonchev–Trinajstić information content (AvgIpc) is 3.02. The number of nitrogens with zero attached hydrogens (tertiary/aromatic N) is 4. The van der Waals surface area contributed by atoms with Crippen molar-refractivity contribution in [3.8, 4) is 11.5 Å². The van der Waals surface area contributed by atoms with Gasteiger partial charge in [0.2, 0.25) is 5.95 Å². The van der Waals surface area contributed by atoms with Crippen LogP contribution in [-0.2, 0) is 6.54 Å². The lowest BCUT2D eigenvalue weighted by Gasteiger charge is -2.39. The van der Waals surface area contributed by atoms with Crippen molar-refractivity contribution in [1.82, 2.24) is 14.9 Å². The zero-order valence-corrected chi connectivity index (χ0v) is 17.4. The normalized spacial score (nSPS) is 18.1. The summed E-state index contributed by atoms with van der Waals surface area (Å²) in [5.74, 6) is 3.53. The summed E-state index contributed by atoms with van der Waals surface area (Å²) in [5.41, 5.74) is 1.14. The first-order valence-electron chi connectivity index (χ1n) is 10.5. The fourth-order valence-electron chi connectivity index (χ4n) is 4.11. The van der Waals surface area contributed by atoms with Crippen LogP contribution in [0, 0.1) is 0 Å². The minimum Gasteiger partial charge on any atom is -0.497 e. The van der Waals surface area contributed by atoms with Gasteiger partial charge >= 0.3 is 0 Å². The van der Waals surface area contributed by atoms with Crippen LogP contribution in [0.4, 0.5) is 11.8 Å². The first kappa shape index (κ1) is 19.8. The first-order valence-corrected chi connectivity index (χ1v) is 10.5. The van der Waals surface area contributed by atoms with Gasteiger partial charge < -0.3 is 19.7 Å². The predicted molar refractivity (Wildman–Crippen MR) is 115 cm³/mol. The van der Waals surface area contributed by atoms with E-state index in [0.29, 0.717) is 6.04 Å². The quantitative estimate of drug-likeness (QED) is 0.770. The van der Waals surface area contributed by atoms with Gasteiger partial charge in [-0.3, -0.25) is 4.90 Å². The Bertz CT molecular complexity index is 802. The van der Waals surface area contributed by atoms with Crippen molar-refractivity contribution >= 4 is 11.8 Å². The Kier molecular flexibility index (Phi) is 6.34. The molecule has 0 unspecified atom stereocenters. The van der Waals surface area contributed by atoms with Crippen molar-refractivity contribution in [3.63, 3.8) is 0 Å². The van der Waals surface area contributed by atoms with E-state index in [2.05, 4.69) is 20.1 Å². The van der Waals surface area contributed by atoms with Crippen molar-refractivity contribution in [3.05, 3.63) is 36.0 Å². The van der Waals surface area contributed by atoms with Crippen molar-refractivity contribution in [2.24, 2.45) is 0 Å². The van der Waals surface area contributed by atoms with Gasteiger partial charge in [0.25, 0.3) is 0 Å². The molecule has 0 amide bonds. The molecule has 1 N–H and O–H groups in total. The minimum absolute atomic E-state index is 0.367. The van der Waals surface area contributed by atoms with Crippen LogP contribution >= 0.6 is 0 Å². The third-order valence-corrected chi connectivity index (χ3v) is 5.74. The molecule has 0 spiro atoms. The van der Waals surface area contributed by atoms with Gasteiger partial charge in [-0.15, -0.1) is 0 Å². The van der Waals surface area contributed by atoms with Gasteiger partial charge in [0.1, 0.15) is 17.3 Å². The van der Waals surface area contributed by atoms with Crippen LogP contribution in [-0.4, -0.2) is 61.3 Å². The van der Waals surface area contributed by atoms with Gasteiger partial charge in [0.05, 0.1) is 20.3 Å². The maximum Gasteiger partial charge on any atom is 0.224 e. The van der Waals surface area contributed by atoms with Crippen LogP contribution in [0.3, 0.4) is 0 Å². The van der Waals surface area contributed by atoms with Crippen molar-refractivity contribution in [1.29, 1.82) is 0 Å². The highest BCUT2D eigenvalue weighted by atomic mass is 16.5. The summed E-state index contributed by atoms with van der Waals surface area (Å²) in [6.07, 6.45) is 7.01. The molecular formula is C22H31N5O2. The van der Waals surface area contributed by atoms with Gasteiger partial charge in [-0.05, 0) is 37.1 Å². The highest BCUT2D eigenvalue weighted by molar-refractivity contribution is 5.43. The third kappa shape index (κ3) is 4.90. The molecule has 1 aromatic carbocycles. The van der Waals surface area contributed by atoms with Gasteiger partial charge in [-0.2, -0.15) is 4.98 Å². The predicted octanol–water partition coefficient (Wildman–Crippen LogP) is 3.17. The van der Waals surface area contributed by atoms with E-state index in [-0.39, 0.29) is 0 Å². The Balaban J connectivity index is 1.31. The van der Waals surface area contributed by atoms with E-state index in [0.717, 1.165) is 61.6 Å². The molecule has 2 fully saturated rings. The van der Waals surface area contributed by atoms with E-state index in [1.165, 1.54) is 25.7 Å². The molecule has 4 rings (SSSR count). The maximum absolute atomic E-state index is 5.49. The zero-order chi connectivity index (χ0) is 20.1. The summed E-state index contributed by atoms with van der Waals surface area (Å²) in [4.78, 5) is 14.0. The Hall–Kier alpha value is -2.54. The molecule has 2 aromatic rings. The fourth-order valence-corrected chi connectivity index (χ4v) is 4.11. The lowest BCUT2D eigenvalue weighted by Crippen LogP contribution is -2.54. The number of rotatable bonds is 7. The van der Waals surface area contributed by atoms with Crippen LogP contribution in [0.15, 0.2) is 30.5 Å². The lowest BCUT2D eigenvalue weighted by atomic mass is 10.1. The number of methoxy groups -OCH3 is 2. The fraction of sp³-hybridized carbons (Fsp3) is 0.545. The number of aromatic nitrogens is 2. The second kappa shape index (κ2) is 9.31. The second-order valence-electron chi connectivity index (χ2n) is 7.85. The van der Waals surface area contributed by atoms with Crippen molar-refractivity contribution in [2.45, 2.75) is 38.3 Å². The van der Waals surface area contributed by atoms with Crippen LogP contribution in [0.2, 0.25) is 0 Å². The van der Waals surface area contributed by atoms with Crippen LogP contribution in [0.25, 0.3) is 0 Å². The van der Waals surface area contributed by atoms with Gasteiger partial charge in [0.15, 0.2) is 0 Å². The molecule has 29 heavy (non-hydrogen) atoms. The van der Waals surface area contributed by atoms with Gasteiger partial charge in [0, 0.05) is 44.5 Å². The number of likely N-dealkylation sites (tertiary alicyclic amines) is 1. The Morgan fingerprint density at radius 3 is 2.55 bits per heavy atom. The van der Waals surface area contributed by atoms with E-state index in [4.69, 9.17) is 14.5 Å². The molecule has 2 saturated heterocycles. The monoisotopic (exact) mass is 397 g/mol. The summed E-state index contributed by atoms with van der Waals surface area (Å²) in [6.45, 7) is 4.94. The van der Waals surface area contributed by atoms with E-state index < -0.39 is 0 Å². The molecule has 7 nitrogen and oxygen atoms in total. The zero-order valence-electron chi connectivity index (χ0n) is 17.4. The topological polar surface area (TPSA) is 62.8 Å². The minimum atomic E-state index is 0.367.